The minimum atomic E-state index is 1.30. The topological polar surface area (TPSA) is 0 Å². The van der Waals surface area contributed by atoms with Crippen LogP contribution in [0.4, 0.5) is 0 Å². The molecule has 0 saturated heterocycles. The number of unbranched alkanes of at least 4 members (excludes halogenated alkanes) is 13. The first-order valence-corrected chi connectivity index (χ1v) is 12.9. The predicted octanol–water partition coefficient (Wildman–Crippen LogP) is 9.62. The summed E-state index contributed by atoms with van der Waals surface area (Å²) in [7, 11) is 0. The zero-order valence-electron chi connectivity index (χ0n) is 19.7. The first kappa shape index (κ1) is 25.3. The molecule has 0 aliphatic rings. The second kappa shape index (κ2) is 18.3. The molecule has 28 heavy (non-hydrogen) atoms. The maximum absolute atomic E-state index is 2.43. The Balaban J connectivity index is 2.44. The fraction of sp³-hybridized carbons (Fsp3) is 0.786. The van der Waals surface area contributed by atoms with Crippen LogP contribution in [-0.4, -0.2) is 0 Å². The van der Waals surface area contributed by atoms with Gasteiger partial charge in [0.05, 0.1) is 0 Å². The van der Waals surface area contributed by atoms with E-state index in [1.807, 2.05) is 0 Å². The van der Waals surface area contributed by atoms with E-state index in [2.05, 4.69) is 39.0 Å². The molecular formula is C28H50. The molecule has 0 atom stereocenters. The monoisotopic (exact) mass is 386 g/mol. The number of hydrogen-bond donors (Lipinski definition) is 0. The van der Waals surface area contributed by atoms with Gasteiger partial charge >= 0.3 is 0 Å². The molecule has 1 rings (SSSR count). The van der Waals surface area contributed by atoms with E-state index in [9.17, 15) is 0 Å². The maximum atomic E-state index is 2.43. The van der Waals surface area contributed by atoms with Crippen molar-refractivity contribution in [3.05, 3.63) is 34.9 Å². The SMILES string of the molecule is CCCCCCCCCc1cccc(CCCCCCCCC)c1CCCC. The van der Waals surface area contributed by atoms with Gasteiger partial charge in [-0.15, -0.1) is 0 Å². The molecule has 0 aromatic heterocycles. The summed E-state index contributed by atoms with van der Waals surface area (Å²) in [4.78, 5) is 0. The Kier molecular flexibility index (Phi) is 16.5. The predicted molar refractivity (Wildman–Crippen MR) is 128 cm³/mol. The van der Waals surface area contributed by atoms with Gasteiger partial charge in [0.2, 0.25) is 0 Å². The molecule has 0 aliphatic carbocycles. The summed E-state index contributed by atoms with van der Waals surface area (Å²) in [5.41, 5.74) is 5.06. The highest BCUT2D eigenvalue weighted by molar-refractivity contribution is 5.36. The lowest BCUT2D eigenvalue weighted by Gasteiger charge is -2.15. The highest BCUT2D eigenvalue weighted by Gasteiger charge is 2.08. The highest BCUT2D eigenvalue weighted by atomic mass is 14.1. The van der Waals surface area contributed by atoms with Crippen LogP contribution in [0.15, 0.2) is 18.2 Å². The maximum Gasteiger partial charge on any atom is -0.0274 e. The van der Waals surface area contributed by atoms with Gasteiger partial charge in [-0.3, -0.25) is 0 Å². The molecule has 0 aliphatic heterocycles. The van der Waals surface area contributed by atoms with Crippen LogP contribution in [-0.2, 0) is 19.3 Å². The van der Waals surface area contributed by atoms with E-state index >= 15 is 0 Å². The lowest BCUT2D eigenvalue weighted by molar-refractivity contribution is 0.585. The third kappa shape index (κ3) is 11.9. The normalized spacial score (nSPS) is 11.2. The Morgan fingerprint density at radius 3 is 1.25 bits per heavy atom. The number of benzene rings is 1. The molecule has 0 heteroatoms. The molecule has 0 spiro atoms. The van der Waals surface area contributed by atoms with Gasteiger partial charge in [-0.1, -0.05) is 122 Å². The summed E-state index contributed by atoms with van der Waals surface area (Å²) in [6, 6.07) is 7.19. The third-order valence-corrected chi connectivity index (χ3v) is 6.25. The molecule has 0 nitrogen and oxygen atoms in total. The molecule has 0 radical (unpaired) electrons. The summed E-state index contributed by atoms with van der Waals surface area (Å²) >= 11 is 0. The van der Waals surface area contributed by atoms with E-state index in [-0.39, 0.29) is 0 Å². The van der Waals surface area contributed by atoms with Gasteiger partial charge in [-0.2, -0.15) is 0 Å². The van der Waals surface area contributed by atoms with Crippen LogP contribution in [0.2, 0.25) is 0 Å². The molecule has 0 unspecified atom stereocenters. The average Bonchev–Trinajstić information content (AvgIpc) is 2.71. The van der Waals surface area contributed by atoms with Gasteiger partial charge in [-0.25, -0.2) is 0 Å². The van der Waals surface area contributed by atoms with E-state index in [1.54, 1.807) is 16.7 Å². The number of rotatable bonds is 19. The summed E-state index contributed by atoms with van der Waals surface area (Å²) in [6.45, 7) is 6.93. The van der Waals surface area contributed by atoms with E-state index in [0.29, 0.717) is 0 Å². The molecule has 0 N–H and O–H groups in total. The number of hydrogen-bond acceptors (Lipinski definition) is 0. The van der Waals surface area contributed by atoms with Crippen molar-refractivity contribution in [2.75, 3.05) is 0 Å². The van der Waals surface area contributed by atoms with Gasteiger partial charge in [0.1, 0.15) is 0 Å². The third-order valence-electron chi connectivity index (χ3n) is 6.25. The van der Waals surface area contributed by atoms with Crippen molar-refractivity contribution in [1.82, 2.24) is 0 Å². The summed E-state index contributed by atoms with van der Waals surface area (Å²) in [6.07, 6.45) is 26.3. The van der Waals surface area contributed by atoms with E-state index < -0.39 is 0 Å². The second-order valence-electron chi connectivity index (χ2n) is 8.90. The Bertz CT molecular complexity index is 423. The van der Waals surface area contributed by atoms with Crippen LogP contribution in [0.3, 0.4) is 0 Å². The Labute approximate surface area is 177 Å². The standard InChI is InChI=1S/C28H50/c1-4-7-10-12-14-16-18-21-26-23-20-24-27(28(26)25-9-6-3)22-19-17-15-13-11-8-5-2/h20,23-24H,4-19,21-22,25H2,1-3H3. The molecule has 162 valence electrons. The van der Waals surface area contributed by atoms with Crippen molar-refractivity contribution in [3.63, 3.8) is 0 Å². The van der Waals surface area contributed by atoms with E-state index in [0.717, 1.165) is 0 Å². The van der Waals surface area contributed by atoms with Crippen molar-refractivity contribution < 1.29 is 0 Å². The molecule has 1 aromatic rings. The fourth-order valence-corrected chi connectivity index (χ4v) is 4.38. The fourth-order valence-electron chi connectivity index (χ4n) is 4.38. The smallest absolute Gasteiger partial charge is 0.0274 e. The van der Waals surface area contributed by atoms with Gasteiger partial charge < -0.3 is 0 Å². The molecule has 0 saturated carbocycles. The van der Waals surface area contributed by atoms with Crippen LogP contribution in [0.5, 0.6) is 0 Å². The minimum Gasteiger partial charge on any atom is -0.0654 e. The minimum absolute atomic E-state index is 1.30. The van der Waals surface area contributed by atoms with Crippen molar-refractivity contribution in [3.8, 4) is 0 Å². The van der Waals surface area contributed by atoms with Crippen LogP contribution in [0.1, 0.15) is 140 Å². The zero-order valence-corrected chi connectivity index (χ0v) is 19.7. The van der Waals surface area contributed by atoms with Gasteiger partial charge in [0.25, 0.3) is 0 Å². The number of aryl methyl sites for hydroxylation is 2. The summed E-state index contributed by atoms with van der Waals surface area (Å²) in [5, 5.41) is 0. The summed E-state index contributed by atoms with van der Waals surface area (Å²) in [5.74, 6) is 0. The van der Waals surface area contributed by atoms with Gasteiger partial charge in [-0.05, 0) is 55.2 Å². The second-order valence-corrected chi connectivity index (χ2v) is 8.90. The van der Waals surface area contributed by atoms with Crippen molar-refractivity contribution in [2.45, 2.75) is 143 Å². The molecule has 0 amide bonds. The van der Waals surface area contributed by atoms with Crippen molar-refractivity contribution in [2.24, 2.45) is 0 Å². The van der Waals surface area contributed by atoms with E-state index in [4.69, 9.17) is 0 Å². The molecule has 0 heterocycles. The molecule has 0 bridgehead atoms. The highest BCUT2D eigenvalue weighted by Crippen LogP contribution is 2.23. The molecule has 1 aromatic carbocycles. The van der Waals surface area contributed by atoms with Crippen molar-refractivity contribution in [1.29, 1.82) is 0 Å². The molecular weight excluding hydrogens is 336 g/mol. The Morgan fingerprint density at radius 2 is 0.821 bits per heavy atom. The lowest BCUT2D eigenvalue weighted by Crippen LogP contribution is -2.02. The van der Waals surface area contributed by atoms with Crippen LogP contribution >= 0.6 is 0 Å². The Hall–Kier alpha value is -0.780. The van der Waals surface area contributed by atoms with Crippen LogP contribution < -0.4 is 0 Å². The van der Waals surface area contributed by atoms with E-state index in [1.165, 1.54) is 122 Å². The first-order valence-electron chi connectivity index (χ1n) is 12.9. The van der Waals surface area contributed by atoms with Gasteiger partial charge in [0.15, 0.2) is 0 Å². The largest absolute Gasteiger partial charge is 0.0654 e. The first-order chi connectivity index (χ1) is 13.8. The lowest BCUT2D eigenvalue weighted by atomic mass is 9.90. The average molecular weight is 387 g/mol. The van der Waals surface area contributed by atoms with Crippen LogP contribution in [0.25, 0.3) is 0 Å². The van der Waals surface area contributed by atoms with Crippen LogP contribution in [0, 0.1) is 0 Å². The quantitative estimate of drug-likeness (QED) is 0.208. The zero-order chi connectivity index (χ0) is 20.3. The van der Waals surface area contributed by atoms with Crippen molar-refractivity contribution >= 4 is 0 Å². The summed E-state index contributed by atoms with van der Waals surface area (Å²) < 4.78 is 0. The Morgan fingerprint density at radius 1 is 0.429 bits per heavy atom. The van der Waals surface area contributed by atoms with Gasteiger partial charge in [0, 0.05) is 0 Å². The molecule has 0 fully saturated rings.